The number of thioether (sulfide) groups is 1. The Labute approximate surface area is 246 Å². The smallest absolute Gasteiger partial charge is 0.272 e. The van der Waals surface area contributed by atoms with E-state index in [1.165, 1.54) is 29.2 Å². The van der Waals surface area contributed by atoms with Gasteiger partial charge in [0.25, 0.3) is 11.6 Å². The molecule has 2 aromatic carbocycles. The van der Waals surface area contributed by atoms with Crippen molar-refractivity contribution < 1.29 is 14.5 Å². The van der Waals surface area contributed by atoms with E-state index in [9.17, 15) is 19.7 Å². The first-order valence-corrected chi connectivity index (χ1v) is 14.9. The van der Waals surface area contributed by atoms with Crippen LogP contribution in [0.5, 0.6) is 0 Å². The van der Waals surface area contributed by atoms with Gasteiger partial charge in [-0.3, -0.25) is 19.7 Å². The molecule has 0 saturated heterocycles. The van der Waals surface area contributed by atoms with E-state index in [0.29, 0.717) is 45.0 Å². The van der Waals surface area contributed by atoms with Gasteiger partial charge in [-0.05, 0) is 38.8 Å². The molecule has 2 aromatic heterocycles. The summed E-state index contributed by atoms with van der Waals surface area (Å²) in [5.74, 6) is 0.291. The molecule has 2 heterocycles. The normalized spacial score (nSPS) is 11.9. The maximum absolute atomic E-state index is 12.9. The van der Waals surface area contributed by atoms with Gasteiger partial charge in [0, 0.05) is 34.7 Å². The fourth-order valence-corrected chi connectivity index (χ4v) is 5.65. The van der Waals surface area contributed by atoms with E-state index in [1.54, 1.807) is 36.6 Å². The van der Waals surface area contributed by atoms with Crippen molar-refractivity contribution in [1.82, 2.24) is 25.1 Å². The summed E-state index contributed by atoms with van der Waals surface area (Å²) in [5, 5.41) is 28.5. The zero-order valence-electron chi connectivity index (χ0n) is 23.4. The summed E-state index contributed by atoms with van der Waals surface area (Å²) in [7, 11) is 0. The lowest BCUT2D eigenvalue weighted by Gasteiger charge is -2.22. The number of amides is 2. The number of nitrogens with one attached hydrogen (secondary N) is 2. The standard InChI is InChI=1S/C28H31N7O4S2/c1-6-34-25(24(16(2)3)31-26(37)19-10-7-17(4)8-11-19)32-33-28(34)41-15-23(36)30-27-29-21(14-40-27)20-12-9-18(5)22(13-20)35(38)39/h7-14,16,24H,6,15H2,1-5H3,(H,31,37)(H,29,30,36)/t24-/m0/s1. The van der Waals surface area contributed by atoms with Crippen LogP contribution in [0.15, 0.2) is 53.0 Å². The van der Waals surface area contributed by atoms with E-state index in [1.807, 2.05) is 44.4 Å². The zero-order valence-corrected chi connectivity index (χ0v) is 25.0. The highest BCUT2D eigenvalue weighted by Gasteiger charge is 2.26. The van der Waals surface area contributed by atoms with Crippen molar-refractivity contribution in [2.45, 2.75) is 52.4 Å². The third-order valence-corrected chi connectivity index (χ3v) is 8.12. The van der Waals surface area contributed by atoms with E-state index in [0.717, 1.165) is 5.56 Å². The molecule has 0 aliphatic heterocycles. The van der Waals surface area contributed by atoms with Crippen molar-refractivity contribution in [2.24, 2.45) is 5.92 Å². The van der Waals surface area contributed by atoms with Crippen LogP contribution in [0.2, 0.25) is 0 Å². The molecular formula is C28H31N7O4S2. The predicted molar refractivity (Wildman–Crippen MR) is 160 cm³/mol. The molecule has 0 fully saturated rings. The van der Waals surface area contributed by atoms with E-state index < -0.39 is 4.92 Å². The van der Waals surface area contributed by atoms with Gasteiger partial charge in [0.15, 0.2) is 16.1 Å². The van der Waals surface area contributed by atoms with Gasteiger partial charge in [-0.1, -0.05) is 55.4 Å². The maximum atomic E-state index is 12.9. The summed E-state index contributed by atoms with van der Waals surface area (Å²) < 4.78 is 1.91. The van der Waals surface area contributed by atoms with E-state index in [2.05, 4.69) is 25.8 Å². The topological polar surface area (TPSA) is 145 Å². The summed E-state index contributed by atoms with van der Waals surface area (Å²) in [6.07, 6.45) is 0. The lowest BCUT2D eigenvalue weighted by molar-refractivity contribution is -0.385. The number of aromatic nitrogens is 4. The fraction of sp³-hybridized carbons (Fsp3) is 0.321. The SMILES string of the molecule is CCn1c(SCC(=O)Nc2nc(-c3ccc(C)c([N+](=O)[O-])c3)cs2)nnc1[C@@H](NC(=O)c1ccc(C)cc1)C(C)C. The first-order chi connectivity index (χ1) is 19.6. The molecule has 0 bridgehead atoms. The lowest BCUT2D eigenvalue weighted by atomic mass is 10.0. The number of rotatable bonds is 11. The maximum Gasteiger partial charge on any atom is 0.272 e. The van der Waals surface area contributed by atoms with Crippen LogP contribution in [0.3, 0.4) is 0 Å². The van der Waals surface area contributed by atoms with Crippen molar-refractivity contribution in [3.63, 3.8) is 0 Å². The van der Waals surface area contributed by atoms with Gasteiger partial charge in [0.05, 0.1) is 22.4 Å². The van der Waals surface area contributed by atoms with E-state index in [-0.39, 0.29) is 35.2 Å². The second-order valence-corrected chi connectivity index (χ2v) is 11.6. The molecule has 4 aromatic rings. The van der Waals surface area contributed by atoms with Crippen LogP contribution in [-0.4, -0.2) is 42.2 Å². The monoisotopic (exact) mass is 593 g/mol. The van der Waals surface area contributed by atoms with Crippen molar-refractivity contribution >= 4 is 45.7 Å². The second-order valence-electron chi connectivity index (χ2n) is 9.78. The Balaban J connectivity index is 1.41. The molecule has 0 saturated carbocycles. The fourth-order valence-electron chi connectivity index (χ4n) is 4.11. The van der Waals surface area contributed by atoms with Crippen LogP contribution in [-0.2, 0) is 11.3 Å². The van der Waals surface area contributed by atoms with Gasteiger partial charge >= 0.3 is 0 Å². The average Bonchev–Trinajstić information content (AvgIpc) is 3.57. The van der Waals surface area contributed by atoms with Crippen molar-refractivity contribution in [3.8, 4) is 11.3 Å². The third-order valence-electron chi connectivity index (χ3n) is 6.39. The van der Waals surface area contributed by atoms with Gasteiger partial charge in [-0.15, -0.1) is 21.5 Å². The molecule has 0 radical (unpaired) electrons. The number of carbonyl (C=O) groups is 2. The van der Waals surface area contributed by atoms with Gasteiger partial charge in [-0.25, -0.2) is 4.98 Å². The van der Waals surface area contributed by atoms with Crippen molar-refractivity contribution in [1.29, 1.82) is 0 Å². The minimum Gasteiger partial charge on any atom is -0.342 e. The van der Waals surface area contributed by atoms with E-state index in [4.69, 9.17) is 0 Å². The number of thiazole rings is 1. The largest absolute Gasteiger partial charge is 0.342 e. The number of nitro benzene ring substituents is 1. The Morgan fingerprint density at radius 3 is 2.51 bits per heavy atom. The van der Waals surface area contributed by atoms with Crippen LogP contribution in [0.25, 0.3) is 11.3 Å². The highest BCUT2D eigenvalue weighted by atomic mass is 32.2. The molecule has 0 aliphatic rings. The molecule has 0 spiro atoms. The number of hydrogen-bond donors (Lipinski definition) is 2. The lowest BCUT2D eigenvalue weighted by Crippen LogP contribution is -2.33. The van der Waals surface area contributed by atoms with Crippen LogP contribution < -0.4 is 10.6 Å². The number of aryl methyl sites for hydroxylation is 2. The Morgan fingerprint density at radius 2 is 1.85 bits per heavy atom. The van der Waals surface area contributed by atoms with Crippen LogP contribution >= 0.6 is 23.1 Å². The van der Waals surface area contributed by atoms with Crippen LogP contribution in [0.1, 0.15) is 54.1 Å². The Hall–Kier alpha value is -4.10. The Kier molecular flexibility index (Phi) is 9.50. The number of hydrogen-bond acceptors (Lipinski definition) is 9. The summed E-state index contributed by atoms with van der Waals surface area (Å²) in [4.78, 5) is 40.9. The van der Waals surface area contributed by atoms with Gasteiger partial charge in [-0.2, -0.15) is 0 Å². The third kappa shape index (κ3) is 7.16. The van der Waals surface area contributed by atoms with Crippen LogP contribution in [0.4, 0.5) is 10.8 Å². The summed E-state index contributed by atoms with van der Waals surface area (Å²) in [5.41, 5.74) is 3.38. The molecule has 1 atom stereocenters. The zero-order chi connectivity index (χ0) is 29.7. The Morgan fingerprint density at radius 1 is 1.12 bits per heavy atom. The summed E-state index contributed by atoms with van der Waals surface area (Å²) in [6.45, 7) is 10.2. The molecule has 0 unspecified atom stereocenters. The first kappa shape index (κ1) is 29.9. The molecule has 13 heteroatoms. The molecular weight excluding hydrogens is 562 g/mol. The number of anilines is 1. The van der Waals surface area contributed by atoms with Gasteiger partial charge in [0.2, 0.25) is 5.91 Å². The molecule has 11 nitrogen and oxygen atoms in total. The first-order valence-electron chi connectivity index (χ1n) is 13.0. The van der Waals surface area contributed by atoms with Crippen molar-refractivity contribution in [2.75, 3.05) is 11.1 Å². The predicted octanol–water partition coefficient (Wildman–Crippen LogP) is 5.80. The molecule has 0 aliphatic carbocycles. The van der Waals surface area contributed by atoms with Crippen molar-refractivity contribution in [3.05, 3.63) is 80.5 Å². The highest BCUT2D eigenvalue weighted by molar-refractivity contribution is 7.99. The number of benzene rings is 2. The Bertz CT molecular complexity index is 1560. The van der Waals surface area contributed by atoms with Gasteiger partial charge < -0.3 is 15.2 Å². The number of carbonyl (C=O) groups excluding carboxylic acids is 2. The molecule has 214 valence electrons. The molecule has 2 amide bonds. The minimum atomic E-state index is -0.424. The minimum absolute atomic E-state index is 0.0197. The quantitative estimate of drug-likeness (QED) is 0.126. The highest BCUT2D eigenvalue weighted by Crippen LogP contribution is 2.30. The average molecular weight is 594 g/mol. The van der Waals surface area contributed by atoms with Gasteiger partial charge in [0.1, 0.15) is 0 Å². The van der Waals surface area contributed by atoms with E-state index >= 15 is 0 Å². The molecule has 41 heavy (non-hydrogen) atoms. The summed E-state index contributed by atoms with van der Waals surface area (Å²) >= 11 is 2.48. The number of nitro groups is 1. The molecule has 2 N–H and O–H groups in total. The second kappa shape index (κ2) is 13.0. The summed E-state index contributed by atoms with van der Waals surface area (Å²) in [6, 6.07) is 11.9. The number of nitrogens with zero attached hydrogens (tertiary/aromatic N) is 5. The van der Waals surface area contributed by atoms with Crippen LogP contribution in [0, 0.1) is 29.9 Å². The molecule has 4 rings (SSSR count).